The van der Waals surface area contributed by atoms with Gasteiger partial charge in [-0.3, -0.25) is 0 Å². The average Bonchev–Trinajstić information content (AvgIpc) is 2.64. The topological polar surface area (TPSA) is 46.2 Å². The first-order valence-electron chi connectivity index (χ1n) is 5.20. The van der Waals surface area contributed by atoms with Crippen molar-refractivity contribution < 1.29 is 8.42 Å². The van der Waals surface area contributed by atoms with E-state index < -0.39 is 10.0 Å². The zero-order valence-electron chi connectivity index (χ0n) is 9.61. The Kier molecular flexibility index (Phi) is 5.92. The Balaban J connectivity index is 2.84. The smallest absolute Gasteiger partial charge is 0.207 e. The van der Waals surface area contributed by atoms with Crippen LogP contribution in [-0.4, -0.2) is 20.3 Å². The Morgan fingerprint density at radius 2 is 2.12 bits per heavy atom. The van der Waals surface area contributed by atoms with Crippen molar-refractivity contribution in [2.24, 2.45) is 5.92 Å². The van der Waals surface area contributed by atoms with Crippen molar-refractivity contribution in [2.75, 3.05) is 5.88 Å². The van der Waals surface area contributed by atoms with Crippen LogP contribution in [0.5, 0.6) is 0 Å². The van der Waals surface area contributed by atoms with Gasteiger partial charge in [0.05, 0.1) is 3.79 Å². The van der Waals surface area contributed by atoms with Crippen LogP contribution in [0.2, 0.25) is 0 Å². The molecule has 17 heavy (non-hydrogen) atoms. The molecule has 0 aliphatic heterocycles. The van der Waals surface area contributed by atoms with Crippen molar-refractivity contribution in [3.63, 3.8) is 0 Å². The Bertz CT molecular complexity index is 459. The van der Waals surface area contributed by atoms with Crippen molar-refractivity contribution in [2.45, 2.75) is 30.5 Å². The van der Waals surface area contributed by atoms with E-state index in [1.54, 1.807) is 12.1 Å². The van der Waals surface area contributed by atoms with E-state index in [0.717, 1.165) is 3.79 Å². The summed E-state index contributed by atoms with van der Waals surface area (Å²) in [5, 5.41) is 0. The van der Waals surface area contributed by atoms with Crippen LogP contribution in [-0.2, 0) is 10.0 Å². The van der Waals surface area contributed by atoms with Gasteiger partial charge in [-0.15, -0.1) is 22.9 Å². The molecule has 1 atom stereocenters. The second kappa shape index (κ2) is 6.52. The zero-order valence-corrected chi connectivity index (χ0v) is 13.6. The maximum absolute atomic E-state index is 12.1. The summed E-state index contributed by atoms with van der Waals surface area (Å²) in [5.74, 6) is 0.659. The molecule has 0 aliphatic rings. The average molecular weight is 361 g/mol. The lowest BCUT2D eigenvalue weighted by Crippen LogP contribution is -2.38. The standard InChI is InChI=1S/C10H15BrClNO2S2/c1-7(2)8(5-6-12)13-17(14,15)10-4-3-9(11)16-10/h3-4,7-8,13H,5-6H2,1-2H3. The zero-order chi connectivity index (χ0) is 13.1. The van der Waals surface area contributed by atoms with Crippen molar-refractivity contribution in [3.05, 3.63) is 15.9 Å². The molecule has 1 rings (SSSR count). The molecule has 3 nitrogen and oxygen atoms in total. The van der Waals surface area contributed by atoms with E-state index in [0.29, 0.717) is 16.5 Å². The molecule has 0 spiro atoms. The molecule has 7 heteroatoms. The summed E-state index contributed by atoms with van der Waals surface area (Å²) in [4.78, 5) is 0. The van der Waals surface area contributed by atoms with Crippen molar-refractivity contribution in [1.82, 2.24) is 4.72 Å². The highest BCUT2D eigenvalue weighted by atomic mass is 79.9. The summed E-state index contributed by atoms with van der Waals surface area (Å²) >= 11 is 10.1. The summed E-state index contributed by atoms with van der Waals surface area (Å²) in [6.45, 7) is 3.95. The third kappa shape index (κ3) is 4.52. The van der Waals surface area contributed by atoms with Crippen LogP contribution in [0.25, 0.3) is 0 Å². The quantitative estimate of drug-likeness (QED) is 0.790. The van der Waals surface area contributed by atoms with Gasteiger partial charge in [-0.25, -0.2) is 13.1 Å². The van der Waals surface area contributed by atoms with Gasteiger partial charge in [0.1, 0.15) is 4.21 Å². The number of sulfonamides is 1. The third-order valence-corrected chi connectivity index (χ3v) is 6.17. The van der Waals surface area contributed by atoms with Gasteiger partial charge in [0.2, 0.25) is 10.0 Å². The molecule has 0 aromatic carbocycles. The Morgan fingerprint density at radius 1 is 1.47 bits per heavy atom. The van der Waals surface area contributed by atoms with E-state index in [-0.39, 0.29) is 12.0 Å². The summed E-state index contributed by atoms with van der Waals surface area (Å²) in [5.41, 5.74) is 0. The molecule has 1 aromatic rings. The predicted molar refractivity (Wildman–Crippen MR) is 76.3 cm³/mol. The molecule has 0 amide bonds. The molecule has 0 saturated carbocycles. The Hall–Kier alpha value is 0.380. The van der Waals surface area contributed by atoms with Crippen LogP contribution >= 0.6 is 38.9 Å². The first-order valence-corrected chi connectivity index (χ1v) is 8.83. The van der Waals surface area contributed by atoms with Crippen LogP contribution in [0.15, 0.2) is 20.1 Å². The highest BCUT2D eigenvalue weighted by Gasteiger charge is 2.23. The largest absolute Gasteiger partial charge is 0.250 e. The molecule has 1 aromatic heterocycles. The number of rotatable bonds is 6. The fourth-order valence-corrected chi connectivity index (χ4v) is 5.03. The molecule has 0 fully saturated rings. The monoisotopic (exact) mass is 359 g/mol. The highest BCUT2D eigenvalue weighted by molar-refractivity contribution is 9.11. The van der Waals surface area contributed by atoms with Crippen molar-refractivity contribution in [3.8, 4) is 0 Å². The van der Waals surface area contributed by atoms with Crippen LogP contribution in [0.3, 0.4) is 0 Å². The number of thiophene rings is 1. The second-order valence-corrected chi connectivity index (χ2v) is 8.79. The fourth-order valence-electron chi connectivity index (χ4n) is 1.35. The summed E-state index contributed by atoms with van der Waals surface area (Å²) < 4.78 is 28.0. The molecule has 98 valence electrons. The van der Waals surface area contributed by atoms with Gasteiger partial charge in [0.15, 0.2) is 0 Å². The number of halogens is 2. The first-order chi connectivity index (χ1) is 7.86. The number of hydrogen-bond donors (Lipinski definition) is 1. The normalized spacial score (nSPS) is 14.2. The highest BCUT2D eigenvalue weighted by Crippen LogP contribution is 2.26. The van der Waals surface area contributed by atoms with Gasteiger partial charge >= 0.3 is 0 Å². The Labute approximate surface area is 120 Å². The van der Waals surface area contributed by atoms with E-state index >= 15 is 0 Å². The van der Waals surface area contributed by atoms with Gasteiger partial charge in [-0.1, -0.05) is 13.8 Å². The molecule has 0 saturated heterocycles. The molecular weight excluding hydrogens is 346 g/mol. The van der Waals surface area contributed by atoms with Crippen LogP contribution in [0.1, 0.15) is 20.3 Å². The van der Waals surface area contributed by atoms with Crippen LogP contribution in [0.4, 0.5) is 0 Å². The molecule has 1 heterocycles. The lowest BCUT2D eigenvalue weighted by atomic mass is 10.0. The minimum absolute atomic E-state index is 0.127. The maximum atomic E-state index is 12.1. The number of nitrogens with one attached hydrogen (secondary N) is 1. The van der Waals surface area contributed by atoms with Gasteiger partial charge in [0.25, 0.3) is 0 Å². The van der Waals surface area contributed by atoms with E-state index in [1.807, 2.05) is 13.8 Å². The van der Waals surface area contributed by atoms with Crippen molar-refractivity contribution >= 4 is 48.9 Å². The van der Waals surface area contributed by atoms with E-state index in [9.17, 15) is 8.42 Å². The van der Waals surface area contributed by atoms with E-state index in [1.165, 1.54) is 11.3 Å². The predicted octanol–water partition coefficient (Wildman–Crippen LogP) is 3.44. The van der Waals surface area contributed by atoms with Gasteiger partial charge in [0, 0.05) is 11.9 Å². The summed E-state index contributed by atoms with van der Waals surface area (Å²) in [6, 6.07) is 3.19. The second-order valence-electron chi connectivity index (χ2n) is 4.01. The minimum Gasteiger partial charge on any atom is -0.207 e. The van der Waals surface area contributed by atoms with Gasteiger partial charge in [-0.05, 0) is 40.4 Å². The Morgan fingerprint density at radius 3 is 2.53 bits per heavy atom. The lowest BCUT2D eigenvalue weighted by Gasteiger charge is -2.20. The third-order valence-electron chi connectivity index (χ3n) is 2.34. The molecular formula is C10H15BrClNO2S2. The summed E-state index contributed by atoms with van der Waals surface area (Å²) in [6.07, 6.45) is 0.630. The van der Waals surface area contributed by atoms with E-state index in [2.05, 4.69) is 20.7 Å². The van der Waals surface area contributed by atoms with Gasteiger partial charge in [-0.2, -0.15) is 0 Å². The molecule has 1 unspecified atom stereocenters. The SMILES string of the molecule is CC(C)C(CCCl)NS(=O)(=O)c1ccc(Br)s1. The minimum atomic E-state index is -3.43. The molecule has 1 N–H and O–H groups in total. The number of alkyl halides is 1. The van der Waals surface area contributed by atoms with Crippen LogP contribution < -0.4 is 4.72 Å². The summed E-state index contributed by atoms with van der Waals surface area (Å²) in [7, 11) is -3.43. The fraction of sp³-hybridized carbons (Fsp3) is 0.600. The lowest BCUT2D eigenvalue weighted by molar-refractivity contribution is 0.439. The van der Waals surface area contributed by atoms with E-state index in [4.69, 9.17) is 11.6 Å². The van der Waals surface area contributed by atoms with Crippen LogP contribution in [0, 0.1) is 5.92 Å². The number of hydrogen-bond acceptors (Lipinski definition) is 3. The molecule has 0 aliphatic carbocycles. The van der Waals surface area contributed by atoms with Gasteiger partial charge < -0.3 is 0 Å². The first kappa shape index (κ1) is 15.4. The molecule has 0 bridgehead atoms. The maximum Gasteiger partial charge on any atom is 0.250 e. The van der Waals surface area contributed by atoms with Crippen molar-refractivity contribution in [1.29, 1.82) is 0 Å². The molecule has 0 radical (unpaired) electrons.